The third kappa shape index (κ3) is 4.36. The Kier molecular flexibility index (Phi) is 4.02. The Balaban J connectivity index is 0.000001000. The van der Waals surface area contributed by atoms with Crippen LogP contribution < -0.4 is 0 Å². The normalized spacial score (nSPS) is 10.8. The lowest BCUT2D eigenvalue weighted by Crippen LogP contribution is -2.10. The maximum Gasteiger partial charge on any atom is 0.395 e. The molecule has 1 nitrogen and oxygen atoms in total. The molecule has 0 fully saturated rings. The highest BCUT2D eigenvalue weighted by Crippen LogP contribution is 2.21. The van der Waals surface area contributed by atoms with Crippen LogP contribution in [0.2, 0.25) is 0 Å². The Labute approximate surface area is 76.0 Å². The van der Waals surface area contributed by atoms with E-state index in [9.17, 15) is 13.2 Å². The van der Waals surface area contributed by atoms with Gasteiger partial charge in [-0.3, -0.25) is 0 Å². The fourth-order valence-corrected chi connectivity index (χ4v) is 1.16. The van der Waals surface area contributed by atoms with Crippen LogP contribution in [0.25, 0.3) is 0 Å². The number of hydrogen-bond acceptors (Lipinski definition) is 2. The zero-order valence-corrected chi connectivity index (χ0v) is 7.79. The number of aromatic nitrogens is 1. The molecule has 0 saturated heterocycles. The van der Waals surface area contributed by atoms with Gasteiger partial charge in [0.15, 0.2) is 0 Å². The average Bonchev–Trinajstić information content (AvgIpc) is 2.12. The van der Waals surface area contributed by atoms with Crippen LogP contribution in [0.5, 0.6) is 0 Å². The van der Waals surface area contributed by atoms with Crippen molar-refractivity contribution in [3.63, 3.8) is 0 Å². The van der Waals surface area contributed by atoms with E-state index < -0.39 is 12.6 Å². The van der Waals surface area contributed by atoms with Crippen LogP contribution in [0.4, 0.5) is 13.2 Å². The molecule has 0 saturated carbocycles. The summed E-state index contributed by atoms with van der Waals surface area (Å²) in [7, 11) is 0. The van der Waals surface area contributed by atoms with Gasteiger partial charge in [0.25, 0.3) is 0 Å². The van der Waals surface area contributed by atoms with Crippen molar-refractivity contribution in [3.05, 3.63) is 16.6 Å². The van der Waals surface area contributed by atoms with E-state index in [4.69, 9.17) is 0 Å². The maximum absolute atomic E-state index is 11.6. The third-order valence-electron chi connectivity index (χ3n) is 0.835. The number of alkyl halides is 3. The number of hydrogen-bond donors (Lipinski definition) is 0. The van der Waals surface area contributed by atoms with Crippen LogP contribution in [-0.4, -0.2) is 11.2 Å². The van der Waals surface area contributed by atoms with Gasteiger partial charge in [-0.15, -0.1) is 28.3 Å². The van der Waals surface area contributed by atoms with Crippen LogP contribution in [0.1, 0.15) is 5.01 Å². The first-order valence-electron chi connectivity index (χ1n) is 2.53. The summed E-state index contributed by atoms with van der Waals surface area (Å²) in [4.78, 5) is 3.50. The van der Waals surface area contributed by atoms with Crippen molar-refractivity contribution in [1.82, 2.24) is 4.98 Å². The molecule has 0 unspecified atom stereocenters. The van der Waals surface area contributed by atoms with Gasteiger partial charge in [0.2, 0.25) is 0 Å². The molecule has 0 N–H and O–H groups in total. The summed E-state index contributed by atoms with van der Waals surface area (Å²) in [6.45, 7) is 0. The second kappa shape index (κ2) is 4.06. The van der Waals surface area contributed by atoms with Crippen molar-refractivity contribution < 1.29 is 13.2 Å². The van der Waals surface area contributed by atoms with E-state index in [1.165, 1.54) is 11.6 Å². The molecule has 11 heavy (non-hydrogen) atoms. The molecule has 0 aromatic carbocycles. The highest BCUT2D eigenvalue weighted by Gasteiger charge is 2.28. The minimum absolute atomic E-state index is 0. The SMILES string of the molecule is Br.FC(F)(F)Cc1nccs1. The van der Waals surface area contributed by atoms with Crippen LogP contribution in [0.3, 0.4) is 0 Å². The largest absolute Gasteiger partial charge is 0.395 e. The first-order chi connectivity index (χ1) is 4.58. The van der Waals surface area contributed by atoms with Gasteiger partial charge in [-0.05, 0) is 0 Å². The van der Waals surface area contributed by atoms with Gasteiger partial charge in [-0.25, -0.2) is 4.98 Å². The van der Waals surface area contributed by atoms with Gasteiger partial charge in [0.1, 0.15) is 5.01 Å². The summed E-state index contributed by atoms with van der Waals surface area (Å²) in [5, 5.41) is 1.65. The van der Waals surface area contributed by atoms with Crippen molar-refractivity contribution in [1.29, 1.82) is 0 Å². The van der Waals surface area contributed by atoms with E-state index in [0.29, 0.717) is 0 Å². The fourth-order valence-electron chi connectivity index (χ4n) is 0.512. The van der Waals surface area contributed by atoms with Gasteiger partial charge in [-0.1, -0.05) is 0 Å². The molecule has 6 heteroatoms. The van der Waals surface area contributed by atoms with Crippen molar-refractivity contribution >= 4 is 28.3 Å². The lowest BCUT2D eigenvalue weighted by atomic mass is 10.4. The summed E-state index contributed by atoms with van der Waals surface area (Å²) in [6.07, 6.45) is -3.67. The molecule has 0 spiro atoms. The molecule has 1 aromatic rings. The van der Waals surface area contributed by atoms with E-state index in [2.05, 4.69) is 4.98 Å². The minimum atomic E-state index is -4.13. The Bertz CT molecular complexity index is 196. The van der Waals surface area contributed by atoms with E-state index in [0.717, 1.165) is 11.3 Å². The molecule has 1 aromatic heterocycles. The lowest BCUT2D eigenvalue weighted by Gasteiger charge is -2.00. The number of halogens is 4. The fraction of sp³-hybridized carbons (Fsp3) is 0.400. The second-order valence-electron chi connectivity index (χ2n) is 1.72. The Morgan fingerprint density at radius 2 is 2.09 bits per heavy atom. The van der Waals surface area contributed by atoms with Crippen molar-refractivity contribution in [2.24, 2.45) is 0 Å². The summed E-state index contributed by atoms with van der Waals surface area (Å²) < 4.78 is 34.8. The van der Waals surface area contributed by atoms with Gasteiger partial charge >= 0.3 is 6.18 Å². The zero-order valence-electron chi connectivity index (χ0n) is 5.26. The Morgan fingerprint density at radius 3 is 2.45 bits per heavy atom. The standard InChI is InChI=1S/C5H4F3NS.BrH/c6-5(7,8)3-4-9-1-2-10-4;/h1-2H,3H2;1H. The Morgan fingerprint density at radius 1 is 1.45 bits per heavy atom. The summed E-state index contributed by atoms with van der Waals surface area (Å²) in [5.41, 5.74) is 0. The zero-order chi connectivity index (χ0) is 7.61. The third-order valence-corrected chi connectivity index (χ3v) is 1.61. The molecule has 0 radical (unpaired) electrons. The van der Waals surface area contributed by atoms with Crippen LogP contribution >= 0.6 is 28.3 Å². The molecule has 0 aliphatic rings. The van der Waals surface area contributed by atoms with E-state index in [1.54, 1.807) is 0 Å². The molecule has 0 aliphatic heterocycles. The van der Waals surface area contributed by atoms with Crippen LogP contribution in [0, 0.1) is 0 Å². The number of thiazole rings is 1. The molecule has 0 atom stereocenters. The predicted octanol–water partition coefficient (Wildman–Crippen LogP) is 2.83. The molecule has 0 bridgehead atoms. The topological polar surface area (TPSA) is 12.9 Å². The van der Waals surface area contributed by atoms with Crippen LogP contribution in [-0.2, 0) is 6.42 Å². The monoisotopic (exact) mass is 247 g/mol. The summed E-state index contributed by atoms with van der Waals surface area (Å²) in [5.74, 6) is 0. The first-order valence-corrected chi connectivity index (χ1v) is 3.41. The van der Waals surface area contributed by atoms with Crippen molar-refractivity contribution in [3.8, 4) is 0 Å². The Hall–Kier alpha value is -0.100. The smallest absolute Gasteiger partial charge is 0.249 e. The highest BCUT2D eigenvalue weighted by atomic mass is 79.9. The van der Waals surface area contributed by atoms with Gasteiger partial charge in [-0.2, -0.15) is 13.2 Å². The maximum atomic E-state index is 11.6. The van der Waals surface area contributed by atoms with E-state index >= 15 is 0 Å². The molecule has 0 aliphatic carbocycles. The van der Waals surface area contributed by atoms with Crippen molar-refractivity contribution in [2.75, 3.05) is 0 Å². The molecule has 1 heterocycles. The minimum Gasteiger partial charge on any atom is -0.249 e. The lowest BCUT2D eigenvalue weighted by molar-refractivity contribution is -0.127. The van der Waals surface area contributed by atoms with Gasteiger partial charge < -0.3 is 0 Å². The number of rotatable bonds is 1. The molecule has 64 valence electrons. The first kappa shape index (κ1) is 10.9. The summed E-state index contributed by atoms with van der Waals surface area (Å²) in [6, 6.07) is 0. The van der Waals surface area contributed by atoms with E-state index in [1.807, 2.05) is 0 Å². The summed E-state index contributed by atoms with van der Waals surface area (Å²) >= 11 is 1.02. The predicted molar refractivity (Wildman–Crippen MR) is 42.2 cm³/mol. The van der Waals surface area contributed by atoms with Crippen LogP contribution in [0.15, 0.2) is 11.6 Å². The van der Waals surface area contributed by atoms with Gasteiger partial charge in [0, 0.05) is 11.6 Å². The quantitative estimate of drug-likeness (QED) is 0.744. The van der Waals surface area contributed by atoms with Crippen molar-refractivity contribution in [2.45, 2.75) is 12.6 Å². The van der Waals surface area contributed by atoms with E-state index in [-0.39, 0.29) is 22.0 Å². The molecular formula is C5H5BrF3NS. The molecule has 0 amide bonds. The second-order valence-corrected chi connectivity index (χ2v) is 2.70. The molecule has 1 rings (SSSR count). The van der Waals surface area contributed by atoms with Gasteiger partial charge in [0.05, 0.1) is 6.42 Å². The number of nitrogens with zero attached hydrogens (tertiary/aromatic N) is 1. The average molecular weight is 248 g/mol. The highest BCUT2D eigenvalue weighted by molar-refractivity contribution is 8.93. The molecular weight excluding hydrogens is 243 g/mol.